The SMILES string of the molecule is NCc1ccccc1CNc1ncc(F)cn1. The van der Waals surface area contributed by atoms with Crippen molar-refractivity contribution in [1.82, 2.24) is 9.97 Å². The van der Waals surface area contributed by atoms with Gasteiger partial charge in [-0.1, -0.05) is 24.3 Å². The lowest BCUT2D eigenvalue weighted by Gasteiger charge is -2.08. The molecule has 1 aromatic carbocycles. The van der Waals surface area contributed by atoms with Crippen molar-refractivity contribution >= 4 is 5.95 Å². The Balaban J connectivity index is 2.04. The molecule has 0 atom stereocenters. The minimum Gasteiger partial charge on any atom is -0.350 e. The molecule has 88 valence electrons. The van der Waals surface area contributed by atoms with Crippen molar-refractivity contribution in [3.8, 4) is 0 Å². The highest BCUT2D eigenvalue weighted by Crippen LogP contribution is 2.09. The zero-order chi connectivity index (χ0) is 12.1. The molecule has 0 amide bonds. The Morgan fingerprint density at radius 3 is 2.41 bits per heavy atom. The molecule has 0 unspecified atom stereocenters. The van der Waals surface area contributed by atoms with Crippen LogP contribution in [0.2, 0.25) is 0 Å². The van der Waals surface area contributed by atoms with Crippen molar-refractivity contribution in [1.29, 1.82) is 0 Å². The molecule has 2 aromatic rings. The van der Waals surface area contributed by atoms with Crippen LogP contribution in [0.1, 0.15) is 11.1 Å². The van der Waals surface area contributed by atoms with Gasteiger partial charge in [-0.25, -0.2) is 14.4 Å². The van der Waals surface area contributed by atoms with E-state index in [1.54, 1.807) is 0 Å². The van der Waals surface area contributed by atoms with Crippen LogP contribution in [0.3, 0.4) is 0 Å². The minimum atomic E-state index is -0.446. The lowest BCUT2D eigenvalue weighted by Crippen LogP contribution is -2.08. The highest BCUT2D eigenvalue weighted by atomic mass is 19.1. The molecule has 2 rings (SSSR count). The quantitative estimate of drug-likeness (QED) is 0.842. The summed E-state index contributed by atoms with van der Waals surface area (Å²) in [7, 11) is 0. The molecule has 3 N–H and O–H groups in total. The summed E-state index contributed by atoms with van der Waals surface area (Å²) in [4.78, 5) is 7.64. The smallest absolute Gasteiger partial charge is 0.223 e. The summed E-state index contributed by atoms with van der Waals surface area (Å²) in [6.07, 6.45) is 2.26. The van der Waals surface area contributed by atoms with E-state index in [0.29, 0.717) is 19.0 Å². The largest absolute Gasteiger partial charge is 0.350 e. The molecule has 0 spiro atoms. The molecule has 0 saturated heterocycles. The molecule has 0 fully saturated rings. The van der Waals surface area contributed by atoms with Crippen molar-refractivity contribution in [2.75, 3.05) is 5.32 Å². The third kappa shape index (κ3) is 2.98. The Labute approximate surface area is 98.7 Å². The molecule has 0 aliphatic carbocycles. The van der Waals surface area contributed by atoms with Crippen LogP contribution < -0.4 is 11.1 Å². The fourth-order valence-corrected chi connectivity index (χ4v) is 1.51. The van der Waals surface area contributed by atoms with Crippen molar-refractivity contribution in [2.45, 2.75) is 13.1 Å². The predicted octanol–water partition coefficient (Wildman–Crippen LogP) is 1.69. The fraction of sp³-hybridized carbons (Fsp3) is 0.167. The van der Waals surface area contributed by atoms with Gasteiger partial charge in [0.05, 0.1) is 12.4 Å². The van der Waals surface area contributed by atoms with E-state index in [1.165, 1.54) is 0 Å². The van der Waals surface area contributed by atoms with Gasteiger partial charge < -0.3 is 11.1 Å². The zero-order valence-corrected chi connectivity index (χ0v) is 9.23. The topological polar surface area (TPSA) is 63.8 Å². The second-order valence-corrected chi connectivity index (χ2v) is 3.55. The number of aromatic nitrogens is 2. The molecule has 0 aliphatic rings. The van der Waals surface area contributed by atoms with E-state index in [2.05, 4.69) is 15.3 Å². The zero-order valence-electron chi connectivity index (χ0n) is 9.23. The highest BCUT2D eigenvalue weighted by molar-refractivity contribution is 5.32. The van der Waals surface area contributed by atoms with E-state index in [0.717, 1.165) is 23.5 Å². The van der Waals surface area contributed by atoms with Gasteiger partial charge in [0.15, 0.2) is 5.82 Å². The Bertz CT molecular complexity index is 484. The molecule has 0 aliphatic heterocycles. The molecule has 0 radical (unpaired) electrons. The molecular formula is C12H13FN4. The average molecular weight is 232 g/mol. The number of hydrogen-bond donors (Lipinski definition) is 2. The fourth-order valence-electron chi connectivity index (χ4n) is 1.51. The third-order valence-electron chi connectivity index (χ3n) is 2.40. The summed E-state index contributed by atoms with van der Waals surface area (Å²) in [5.74, 6) is -0.0452. The van der Waals surface area contributed by atoms with Crippen molar-refractivity contribution in [2.24, 2.45) is 5.73 Å². The Morgan fingerprint density at radius 1 is 1.12 bits per heavy atom. The first-order valence-electron chi connectivity index (χ1n) is 5.28. The number of halogens is 1. The van der Waals surface area contributed by atoms with Crippen molar-refractivity contribution in [3.63, 3.8) is 0 Å². The maximum Gasteiger partial charge on any atom is 0.223 e. The normalized spacial score (nSPS) is 10.2. The van der Waals surface area contributed by atoms with Crippen molar-refractivity contribution in [3.05, 3.63) is 53.6 Å². The van der Waals surface area contributed by atoms with Crippen LogP contribution in [0.15, 0.2) is 36.7 Å². The summed E-state index contributed by atoms with van der Waals surface area (Å²) in [5.41, 5.74) is 7.79. The molecule has 0 bridgehead atoms. The number of nitrogens with zero attached hydrogens (tertiary/aromatic N) is 2. The second kappa shape index (κ2) is 5.36. The van der Waals surface area contributed by atoms with Gasteiger partial charge in [0.1, 0.15) is 0 Å². The molecule has 4 nitrogen and oxygen atoms in total. The molecule has 1 heterocycles. The first kappa shape index (κ1) is 11.5. The van der Waals surface area contributed by atoms with Crippen LogP contribution >= 0.6 is 0 Å². The predicted molar refractivity (Wildman–Crippen MR) is 63.7 cm³/mol. The monoisotopic (exact) mass is 232 g/mol. The van der Waals surface area contributed by atoms with Gasteiger partial charge in [0, 0.05) is 13.1 Å². The Hall–Kier alpha value is -2.01. The molecule has 17 heavy (non-hydrogen) atoms. The maximum atomic E-state index is 12.6. The molecular weight excluding hydrogens is 219 g/mol. The van der Waals surface area contributed by atoms with E-state index in [-0.39, 0.29) is 0 Å². The number of nitrogens with one attached hydrogen (secondary N) is 1. The van der Waals surface area contributed by atoms with Gasteiger partial charge in [-0.05, 0) is 11.1 Å². The Kier molecular flexibility index (Phi) is 3.62. The first-order chi connectivity index (χ1) is 8.29. The molecule has 1 aromatic heterocycles. The van der Waals surface area contributed by atoms with Crippen LogP contribution in [0.25, 0.3) is 0 Å². The lowest BCUT2D eigenvalue weighted by molar-refractivity contribution is 0.614. The van der Waals surface area contributed by atoms with E-state index < -0.39 is 5.82 Å². The maximum absolute atomic E-state index is 12.6. The van der Waals surface area contributed by atoms with Gasteiger partial charge in [-0.2, -0.15) is 0 Å². The Morgan fingerprint density at radius 2 is 1.76 bits per heavy atom. The summed E-state index contributed by atoms with van der Waals surface area (Å²) >= 11 is 0. The molecule has 0 saturated carbocycles. The van der Waals surface area contributed by atoms with E-state index >= 15 is 0 Å². The van der Waals surface area contributed by atoms with E-state index in [9.17, 15) is 4.39 Å². The summed E-state index contributed by atoms with van der Waals surface area (Å²) in [5, 5.41) is 3.02. The van der Waals surface area contributed by atoms with Gasteiger partial charge in [-0.15, -0.1) is 0 Å². The third-order valence-corrected chi connectivity index (χ3v) is 2.40. The summed E-state index contributed by atoms with van der Waals surface area (Å²) < 4.78 is 12.6. The molecule has 5 heteroatoms. The van der Waals surface area contributed by atoms with Gasteiger partial charge in [0.2, 0.25) is 5.95 Å². The van der Waals surface area contributed by atoms with Crippen LogP contribution in [-0.4, -0.2) is 9.97 Å². The minimum absolute atomic E-state index is 0.401. The number of benzene rings is 1. The van der Waals surface area contributed by atoms with Gasteiger partial charge in [0.25, 0.3) is 0 Å². The second-order valence-electron chi connectivity index (χ2n) is 3.55. The average Bonchev–Trinajstić information content (AvgIpc) is 2.38. The van der Waals surface area contributed by atoms with E-state index in [1.807, 2.05) is 24.3 Å². The first-order valence-corrected chi connectivity index (χ1v) is 5.28. The lowest BCUT2D eigenvalue weighted by atomic mass is 10.1. The summed E-state index contributed by atoms with van der Waals surface area (Å²) in [6.45, 7) is 1.06. The van der Waals surface area contributed by atoms with Crippen LogP contribution in [0, 0.1) is 5.82 Å². The summed E-state index contributed by atoms with van der Waals surface area (Å²) in [6, 6.07) is 7.85. The number of nitrogens with two attached hydrogens (primary N) is 1. The van der Waals surface area contributed by atoms with Gasteiger partial charge in [-0.3, -0.25) is 0 Å². The number of anilines is 1. The van der Waals surface area contributed by atoms with Crippen LogP contribution in [-0.2, 0) is 13.1 Å². The van der Waals surface area contributed by atoms with Crippen LogP contribution in [0.5, 0.6) is 0 Å². The van der Waals surface area contributed by atoms with Crippen molar-refractivity contribution < 1.29 is 4.39 Å². The number of hydrogen-bond acceptors (Lipinski definition) is 4. The van der Waals surface area contributed by atoms with Gasteiger partial charge >= 0.3 is 0 Å². The highest BCUT2D eigenvalue weighted by Gasteiger charge is 2.01. The standard InChI is InChI=1S/C12H13FN4/c13-11-7-16-12(17-8-11)15-6-10-4-2-1-3-9(10)5-14/h1-4,7-8H,5-6,14H2,(H,15,16,17). The van der Waals surface area contributed by atoms with E-state index in [4.69, 9.17) is 5.73 Å². The number of rotatable bonds is 4. The van der Waals surface area contributed by atoms with Crippen LogP contribution in [0.4, 0.5) is 10.3 Å².